The third-order valence-corrected chi connectivity index (χ3v) is 3.19. The minimum atomic E-state index is 0.0357. The van der Waals surface area contributed by atoms with E-state index in [1.807, 2.05) is 19.1 Å². The van der Waals surface area contributed by atoms with Gasteiger partial charge in [0.05, 0.1) is 13.0 Å². The van der Waals surface area contributed by atoms with E-state index in [1.165, 1.54) is 5.56 Å². The first-order chi connectivity index (χ1) is 9.65. The van der Waals surface area contributed by atoms with E-state index in [0.717, 1.165) is 30.8 Å². The number of hydrogen-bond acceptors (Lipinski definition) is 3. The molecule has 1 amide bonds. The molecule has 0 bridgehead atoms. The Labute approximate surface area is 121 Å². The minimum absolute atomic E-state index is 0.0357. The molecule has 1 aromatic rings. The Morgan fingerprint density at radius 1 is 1.20 bits per heavy atom. The highest BCUT2D eigenvalue weighted by Gasteiger charge is 2.04. The number of benzene rings is 1. The van der Waals surface area contributed by atoms with Crippen molar-refractivity contribution in [1.82, 2.24) is 10.6 Å². The number of aryl methyl sites for hydroxylation is 1. The summed E-state index contributed by atoms with van der Waals surface area (Å²) in [7, 11) is 0. The van der Waals surface area contributed by atoms with Crippen LogP contribution in [0.4, 0.5) is 0 Å². The average Bonchev–Trinajstić information content (AvgIpc) is 2.43. The fraction of sp³-hybridized carbons (Fsp3) is 0.562. The van der Waals surface area contributed by atoms with Gasteiger partial charge < -0.3 is 15.4 Å². The van der Waals surface area contributed by atoms with E-state index in [1.54, 1.807) is 0 Å². The molecule has 0 aliphatic rings. The molecule has 0 atom stereocenters. The zero-order chi connectivity index (χ0) is 14.8. The Hall–Kier alpha value is -1.55. The number of carbonyl (C=O) groups is 1. The Kier molecular flexibility index (Phi) is 7.73. The third kappa shape index (κ3) is 6.06. The van der Waals surface area contributed by atoms with Gasteiger partial charge in [-0.15, -0.1) is 0 Å². The highest BCUT2D eigenvalue weighted by atomic mass is 16.5. The lowest BCUT2D eigenvalue weighted by Crippen LogP contribution is -2.32. The molecule has 0 aromatic heterocycles. The maximum Gasteiger partial charge on any atom is 0.223 e. The van der Waals surface area contributed by atoms with Gasteiger partial charge in [-0.3, -0.25) is 4.79 Å². The maximum atomic E-state index is 11.6. The molecule has 0 radical (unpaired) electrons. The normalized spacial score (nSPS) is 10.3. The molecule has 1 aromatic carbocycles. The first kappa shape index (κ1) is 16.5. The van der Waals surface area contributed by atoms with E-state index in [-0.39, 0.29) is 5.91 Å². The molecule has 112 valence electrons. The Morgan fingerprint density at radius 2 is 2.00 bits per heavy atom. The van der Waals surface area contributed by atoms with Crippen molar-refractivity contribution in [2.24, 2.45) is 0 Å². The lowest BCUT2D eigenvalue weighted by atomic mass is 10.1. The molecule has 0 aliphatic heterocycles. The number of carbonyl (C=O) groups excluding carboxylic acids is 1. The van der Waals surface area contributed by atoms with E-state index < -0.39 is 0 Å². The molecule has 4 heteroatoms. The second kappa shape index (κ2) is 9.37. The quantitative estimate of drug-likeness (QED) is 0.681. The molecule has 1 rings (SSSR count). The van der Waals surface area contributed by atoms with Gasteiger partial charge in [-0.2, -0.15) is 0 Å². The van der Waals surface area contributed by atoms with Crippen molar-refractivity contribution in [3.05, 3.63) is 29.3 Å². The largest absolute Gasteiger partial charge is 0.493 e. The molecule has 0 unspecified atom stereocenters. The molecule has 0 spiro atoms. The summed E-state index contributed by atoms with van der Waals surface area (Å²) in [5, 5.41) is 6.11. The van der Waals surface area contributed by atoms with E-state index >= 15 is 0 Å². The van der Waals surface area contributed by atoms with Crippen LogP contribution in [0.2, 0.25) is 0 Å². The van der Waals surface area contributed by atoms with Crippen molar-refractivity contribution in [2.45, 2.75) is 33.6 Å². The summed E-state index contributed by atoms with van der Waals surface area (Å²) in [4.78, 5) is 11.6. The lowest BCUT2D eigenvalue weighted by molar-refractivity contribution is -0.121. The monoisotopic (exact) mass is 278 g/mol. The standard InChI is InChI=1S/C16H26N2O2/c1-4-9-17-10-11-18-16(19)8-12-20-15-7-5-6-13(2)14(15)3/h5-7,17H,4,8-12H2,1-3H3,(H,18,19). The van der Waals surface area contributed by atoms with Crippen molar-refractivity contribution in [1.29, 1.82) is 0 Å². The SMILES string of the molecule is CCCNCCNC(=O)CCOc1cccc(C)c1C. The first-order valence-corrected chi connectivity index (χ1v) is 7.31. The van der Waals surface area contributed by atoms with Gasteiger partial charge in [0.15, 0.2) is 0 Å². The number of hydrogen-bond donors (Lipinski definition) is 2. The second-order valence-electron chi connectivity index (χ2n) is 4.90. The second-order valence-corrected chi connectivity index (χ2v) is 4.90. The number of nitrogens with one attached hydrogen (secondary N) is 2. The van der Waals surface area contributed by atoms with E-state index in [9.17, 15) is 4.79 Å². The summed E-state index contributed by atoms with van der Waals surface area (Å²) in [6.07, 6.45) is 1.50. The molecule has 0 fully saturated rings. The summed E-state index contributed by atoms with van der Waals surface area (Å²) in [5.41, 5.74) is 2.34. The van der Waals surface area contributed by atoms with Gasteiger partial charge in [-0.25, -0.2) is 0 Å². The summed E-state index contributed by atoms with van der Waals surface area (Å²) < 4.78 is 5.66. The predicted molar refractivity (Wildman–Crippen MR) is 82.2 cm³/mol. The Bertz CT molecular complexity index is 419. The Balaban J connectivity index is 2.17. The molecule has 20 heavy (non-hydrogen) atoms. The molecule has 0 saturated carbocycles. The number of rotatable bonds is 9. The van der Waals surface area contributed by atoms with Crippen molar-refractivity contribution < 1.29 is 9.53 Å². The van der Waals surface area contributed by atoms with Gasteiger partial charge in [-0.05, 0) is 44.0 Å². The third-order valence-electron chi connectivity index (χ3n) is 3.19. The van der Waals surface area contributed by atoms with Crippen LogP contribution >= 0.6 is 0 Å². The molecule has 2 N–H and O–H groups in total. The van der Waals surface area contributed by atoms with Crippen LogP contribution in [-0.2, 0) is 4.79 Å². The topological polar surface area (TPSA) is 50.4 Å². The maximum absolute atomic E-state index is 11.6. The van der Waals surface area contributed by atoms with Crippen LogP contribution in [0.5, 0.6) is 5.75 Å². The molecular formula is C16H26N2O2. The van der Waals surface area contributed by atoms with Gasteiger partial charge in [0.25, 0.3) is 0 Å². The summed E-state index contributed by atoms with van der Waals surface area (Å²) in [5.74, 6) is 0.899. The van der Waals surface area contributed by atoms with Crippen LogP contribution < -0.4 is 15.4 Å². The van der Waals surface area contributed by atoms with Crippen LogP contribution in [0.3, 0.4) is 0 Å². The van der Waals surface area contributed by atoms with Crippen molar-refractivity contribution >= 4 is 5.91 Å². The summed E-state index contributed by atoms with van der Waals surface area (Å²) >= 11 is 0. The van der Waals surface area contributed by atoms with Crippen LogP contribution in [0, 0.1) is 13.8 Å². The number of ether oxygens (including phenoxy) is 1. The molecule has 0 heterocycles. The highest BCUT2D eigenvalue weighted by molar-refractivity contribution is 5.75. The average molecular weight is 278 g/mol. The minimum Gasteiger partial charge on any atom is -0.493 e. The molecule has 0 aliphatic carbocycles. The smallest absolute Gasteiger partial charge is 0.223 e. The first-order valence-electron chi connectivity index (χ1n) is 7.31. The molecule has 4 nitrogen and oxygen atoms in total. The summed E-state index contributed by atoms with van der Waals surface area (Å²) in [6, 6.07) is 5.96. The Morgan fingerprint density at radius 3 is 2.75 bits per heavy atom. The zero-order valence-electron chi connectivity index (χ0n) is 12.8. The van der Waals surface area contributed by atoms with Gasteiger partial charge in [-0.1, -0.05) is 19.1 Å². The van der Waals surface area contributed by atoms with Gasteiger partial charge >= 0.3 is 0 Å². The fourth-order valence-electron chi connectivity index (χ4n) is 1.81. The van der Waals surface area contributed by atoms with Crippen LogP contribution in [0.1, 0.15) is 30.9 Å². The lowest BCUT2D eigenvalue weighted by Gasteiger charge is -2.11. The van der Waals surface area contributed by atoms with Crippen LogP contribution in [0.25, 0.3) is 0 Å². The van der Waals surface area contributed by atoms with E-state index in [0.29, 0.717) is 19.6 Å². The fourth-order valence-corrected chi connectivity index (χ4v) is 1.81. The number of amides is 1. The summed E-state index contributed by atoms with van der Waals surface area (Å²) in [6.45, 7) is 9.10. The molecule has 0 saturated heterocycles. The van der Waals surface area contributed by atoms with Gasteiger partial charge in [0.1, 0.15) is 5.75 Å². The predicted octanol–water partition coefficient (Wildman–Crippen LogP) is 2.19. The zero-order valence-corrected chi connectivity index (χ0v) is 12.8. The van der Waals surface area contributed by atoms with Gasteiger partial charge in [0.2, 0.25) is 5.91 Å². The van der Waals surface area contributed by atoms with E-state index in [4.69, 9.17) is 4.74 Å². The highest BCUT2D eigenvalue weighted by Crippen LogP contribution is 2.20. The van der Waals surface area contributed by atoms with Crippen molar-refractivity contribution in [2.75, 3.05) is 26.2 Å². The van der Waals surface area contributed by atoms with Crippen molar-refractivity contribution in [3.63, 3.8) is 0 Å². The van der Waals surface area contributed by atoms with Crippen LogP contribution in [-0.4, -0.2) is 32.1 Å². The van der Waals surface area contributed by atoms with Crippen LogP contribution in [0.15, 0.2) is 18.2 Å². The van der Waals surface area contributed by atoms with E-state index in [2.05, 4.69) is 30.5 Å². The molecular weight excluding hydrogens is 252 g/mol. The van der Waals surface area contributed by atoms with Gasteiger partial charge in [0, 0.05) is 13.1 Å². The van der Waals surface area contributed by atoms with Crippen molar-refractivity contribution in [3.8, 4) is 5.75 Å².